The number of sulfonamides is 1. The summed E-state index contributed by atoms with van der Waals surface area (Å²) >= 11 is 0. The molecule has 1 aromatic heterocycles. The number of benzene rings is 2. The molecule has 0 saturated carbocycles. The third-order valence-corrected chi connectivity index (χ3v) is 8.21. The summed E-state index contributed by atoms with van der Waals surface area (Å²) in [5.41, 5.74) is 7.45. The minimum atomic E-state index is -3.75. The summed E-state index contributed by atoms with van der Waals surface area (Å²) in [4.78, 5) is 26.4. The number of carbonyl (C=O) groups excluding carboxylic acids is 2. The molecule has 1 fully saturated rings. The van der Waals surface area contributed by atoms with E-state index in [9.17, 15) is 18.0 Å². The van der Waals surface area contributed by atoms with Crippen molar-refractivity contribution < 1.29 is 27.3 Å². The molecule has 2 amide bonds. The smallest absolute Gasteiger partial charge is 0.253 e. The third kappa shape index (κ3) is 5.26. The lowest BCUT2D eigenvalue weighted by Crippen LogP contribution is -2.50. The van der Waals surface area contributed by atoms with E-state index in [0.29, 0.717) is 35.6 Å². The molecule has 1 saturated heterocycles. The number of rotatable bonds is 8. The maximum absolute atomic E-state index is 13.1. The predicted molar refractivity (Wildman–Crippen MR) is 131 cm³/mol. The van der Waals surface area contributed by atoms with Crippen LogP contribution in [0.25, 0.3) is 0 Å². The maximum Gasteiger partial charge on any atom is 0.253 e. The van der Waals surface area contributed by atoms with Crippen molar-refractivity contribution in [3.63, 3.8) is 0 Å². The van der Waals surface area contributed by atoms with Crippen LogP contribution in [0.4, 0.5) is 0 Å². The third-order valence-electron chi connectivity index (χ3n) is 6.07. The van der Waals surface area contributed by atoms with E-state index in [1.165, 1.54) is 4.31 Å². The Bertz CT molecular complexity index is 1360. The van der Waals surface area contributed by atoms with Crippen LogP contribution in [0.2, 0.25) is 0 Å². The lowest BCUT2D eigenvalue weighted by atomic mass is 10.1. The molecule has 3 aromatic rings. The summed E-state index contributed by atoms with van der Waals surface area (Å²) in [5.74, 6) is -0.0458. The van der Waals surface area contributed by atoms with Gasteiger partial charge >= 0.3 is 0 Å². The zero-order valence-electron chi connectivity index (χ0n) is 20.1. The van der Waals surface area contributed by atoms with Crippen molar-refractivity contribution in [2.45, 2.75) is 25.2 Å². The van der Waals surface area contributed by atoms with Crippen LogP contribution >= 0.6 is 0 Å². The molecule has 10 nitrogen and oxygen atoms in total. The molecule has 11 heteroatoms. The molecule has 1 aliphatic rings. The van der Waals surface area contributed by atoms with Gasteiger partial charge in [0.05, 0.1) is 12.2 Å². The maximum atomic E-state index is 13.1. The second kappa shape index (κ2) is 10.5. The highest BCUT2D eigenvalue weighted by Gasteiger charge is 2.34. The van der Waals surface area contributed by atoms with Crippen molar-refractivity contribution >= 4 is 21.8 Å². The van der Waals surface area contributed by atoms with Crippen LogP contribution in [0, 0.1) is 13.8 Å². The summed E-state index contributed by atoms with van der Waals surface area (Å²) in [5, 5.41) is 3.74. The van der Waals surface area contributed by atoms with Gasteiger partial charge in [-0.05, 0) is 43.7 Å². The number of hydrogen-bond acceptors (Lipinski definition) is 7. The Balaban J connectivity index is 1.36. The van der Waals surface area contributed by atoms with E-state index in [0.717, 1.165) is 5.56 Å². The van der Waals surface area contributed by atoms with Gasteiger partial charge in [-0.25, -0.2) is 8.42 Å². The topological polar surface area (TPSA) is 136 Å². The molecule has 0 bridgehead atoms. The first-order valence-corrected chi connectivity index (χ1v) is 13.0. The summed E-state index contributed by atoms with van der Waals surface area (Å²) in [6.45, 7) is 4.40. The predicted octanol–water partition coefficient (Wildman–Crippen LogP) is 2.16. The standard InChI is InChI=1S/C25H28N4O6S/c1-17-23(18(2)35-27-17)36(32,33)29-13-11-28(12-14-29)25(31)20-7-5-6-19(16-20)10-15-34-22-9-4-3-8-21(22)24(26)30/h3-9,16H,10-15H2,1-2H3,(H2,26,30). The van der Waals surface area contributed by atoms with Crippen molar-refractivity contribution in [2.24, 2.45) is 5.73 Å². The van der Waals surface area contributed by atoms with Gasteiger partial charge in [0.15, 0.2) is 5.76 Å². The fourth-order valence-corrected chi connectivity index (χ4v) is 5.93. The number of amides is 2. The minimum Gasteiger partial charge on any atom is -0.492 e. The number of ether oxygens (including phenoxy) is 1. The zero-order valence-corrected chi connectivity index (χ0v) is 21.0. The Hall–Kier alpha value is -3.70. The number of aromatic nitrogens is 1. The van der Waals surface area contributed by atoms with E-state index in [-0.39, 0.29) is 42.7 Å². The number of hydrogen-bond donors (Lipinski definition) is 1. The molecule has 2 N–H and O–H groups in total. The Kier molecular flexibility index (Phi) is 7.41. The zero-order chi connectivity index (χ0) is 25.9. The number of nitrogens with zero attached hydrogens (tertiary/aromatic N) is 3. The van der Waals surface area contributed by atoms with Crippen LogP contribution in [0.5, 0.6) is 5.75 Å². The summed E-state index contributed by atoms with van der Waals surface area (Å²) in [7, 11) is -3.75. The van der Waals surface area contributed by atoms with Crippen LogP contribution in [0.15, 0.2) is 57.9 Å². The van der Waals surface area contributed by atoms with Gasteiger partial charge in [-0.3, -0.25) is 9.59 Å². The molecule has 0 radical (unpaired) electrons. The Morgan fingerprint density at radius 1 is 1.06 bits per heavy atom. The van der Waals surface area contributed by atoms with Crippen LogP contribution in [-0.2, 0) is 16.4 Å². The minimum absolute atomic E-state index is 0.0932. The van der Waals surface area contributed by atoms with E-state index in [1.54, 1.807) is 61.2 Å². The molecule has 2 heterocycles. The molecule has 0 aliphatic carbocycles. The van der Waals surface area contributed by atoms with Crippen LogP contribution in [0.3, 0.4) is 0 Å². The van der Waals surface area contributed by atoms with Gasteiger partial charge < -0.3 is 19.9 Å². The van der Waals surface area contributed by atoms with Crippen molar-refractivity contribution in [3.05, 3.63) is 76.7 Å². The lowest BCUT2D eigenvalue weighted by Gasteiger charge is -2.34. The fraction of sp³-hybridized carbons (Fsp3) is 0.320. The van der Waals surface area contributed by atoms with Crippen molar-refractivity contribution in [2.75, 3.05) is 32.8 Å². The van der Waals surface area contributed by atoms with Gasteiger partial charge in [-0.2, -0.15) is 4.31 Å². The summed E-state index contributed by atoms with van der Waals surface area (Å²) in [6, 6.07) is 14.0. The first kappa shape index (κ1) is 25.4. The Morgan fingerprint density at radius 3 is 2.44 bits per heavy atom. The molecular weight excluding hydrogens is 484 g/mol. The monoisotopic (exact) mass is 512 g/mol. The van der Waals surface area contributed by atoms with Gasteiger partial charge in [0.25, 0.3) is 11.8 Å². The quantitative estimate of drug-likeness (QED) is 0.488. The van der Waals surface area contributed by atoms with E-state index >= 15 is 0 Å². The average Bonchev–Trinajstić information content (AvgIpc) is 3.22. The van der Waals surface area contributed by atoms with Crippen LogP contribution < -0.4 is 10.5 Å². The highest BCUT2D eigenvalue weighted by molar-refractivity contribution is 7.89. The molecule has 0 atom stereocenters. The molecule has 36 heavy (non-hydrogen) atoms. The molecule has 2 aromatic carbocycles. The lowest BCUT2D eigenvalue weighted by molar-refractivity contribution is 0.0697. The number of aryl methyl sites for hydroxylation is 2. The SMILES string of the molecule is Cc1noc(C)c1S(=O)(=O)N1CCN(C(=O)c2cccc(CCOc3ccccc3C(N)=O)c2)CC1. The van der Waals surface area contributed by atoms with E-state index < -0.39 is 15.9 Å². The van der Waals surface area contributed by atoms with Gasteiger partial charge in [0.1, 0.15) is 16.3 Å². The van der Waals surface area contributed by atoms with Crippen molar-refractivity contribution in [1.29, 1.82) is 0 Å². The number of primary amides is 1. The van der Waals surface area contributed by atoms with Gasteiger partial charge in [-0.1, -0.05) is 29.4 Å². The number of nitrogens with two attached hydrogens (primary N) is 1. The second-order valence-electron chi connectivity index (χ2n) is 8.51. The molecular formula is C25H28N4O6S. The molecule has 0 spiro atoms. The number of piperazine rings is 1. The molecule has 4 rings (SSSR count). The first-order chi connectivity index (χ1) is 17.2. The average molecular weight is 513 g/mol. The van der Waals surface area contributed by atoms with Crippen molar-refractivity contribution in [3.8, 4) is 5.75 Å². The van der Waals surface area contributed by atoms with E-state index in [4.69, 9.17) is 15.0 Å². The normalized spacial score (nSPS) is 14.6. The van der Waals surface area contributed by atoms with E-state index in [2.05, 4.69) is 5.16 Å². The summed E-state index contributed by atoms with van der Waals surface area (Å²) in [6.07, 6.45) is 0.525. The van der Waals surface area contributed by atoms with Crippen molar-refractivity contribution in [1.82, 2.24) is 14.4 Å². The Labute approximate surface area is 209 Å². The number of carbonyl (C=O) groups is 2. The highest BCUT2D eigenvalue weighted by atomic mass is 32.2. The summed E-state index contributed by atoms with van der Waals surface area (Å²) < 4.78 is 38.2. The number of para-hydroxylation sites is 1. The van der Waals surface area contributed by atoms with Crippen LogP contribution in [0.1, 0.15) is 37.7 Å². The van der Waals surface area contributed by atoms with E-state index in [1.807, 2.05) is 6.07 Å². The van der Waals surface area contributed by atoms with Gasteiger partial charge in [-0.15, -0.1) is 0 Å². The van der Waals surface area contributed by atoms with Gasteiger partial charge in [0.2, 0.25) is 10.0 Å². The fourth-order valence-electron chi connectivity index (χ4n) is 4.22. The largest absolute Gasteiger partial charge is 0.492 e. The molecule has 0 unspecified atom stereocenters. The Morgan fingerprint density at radius 2 is 1.78 bits per heavy atom. The molecule has 190 valence electrons. The second-order valence-corrected chi connectivity index (χ2v) is 10.4. The van der Waals surface area contributed by atoms with Gasteiger partial charge in [0, 0.05) is 38.2 Å². The first-order valence-electron chi connectivity index (χ1n) is 11.5. The van der Waals surface area contributed by atoms with Crippen LogP contribution in [-0.4, -0.2) is 67.4 Å². The highest BCUT2D eigenvalue weighted by Crippen LogP contribution is 2.24. The molecule has 1 aliphatic heterocycles.